The fourth-order valence-electron chi connectivity index (χ4n) is 2.54. The zero-order valence-corrected chi connectivity index (χ0v) is 13.9. The first kappa shape index (κ1) is 14.7. The number of para-hydroxylation sites is 1. The zero-order chi connectivity index (χ0) is 16.4. The van der Waals surface area contributed by atoms with E-state index in [1.807, 2.05) is 54.2 Å². The number of methoxy groups -OCH3 is 1. The first-order valence-electron chi connectivity index (χ1n) is 7.53. The number of thiazole rings is 1. The van der Waals surface area contributed by atoms with Crippen LogP contribution in [0, 0.1) is 0 Å². The summed E-state index contributed by atoms with van der Waals surface area (Å²) in [5.74, 6) is 0.839. The van der Waals surface area contributed by atoms with Gasteiger partial charge >= 0.3 is 0 Å². The van der Waals surface area contributed by atoms with Crippen molar-refractivity contribution < 1.29 is 4.74 Å². The predicted molar refractivity (Wildman–Crippen MR) is 99.7 cm³/mol. The number of ether oxygens (including phenoxy) is 1. The Kier molecular flexibility index (Phi) is 3.84. The second-order valence-corrected chi connectivity index (χ2v) is 6.13. The Bertz CT molecular complexity index is 999. The van der Waals surface area contributed by atoms with Gasteiger partial charge in [0.1, 0.15) is 5.75 Å². The summed E-state index contributed by atoms with van der Waals surface area (Å²) in [6, 6.07) is 16.0. The standard InChI is InChI=1S/C19H15N3OS/c1-23-15-8-6-13(7-9-15)18-12-24-19(22-18)21-11-14-10-20-17-5-3-2-4-16(14)17/h2-12,20H,1H3. The van der Waals surface area contributed by atoms with E-state index in [9.17, 15) is 0 Å². The van der Waals surface area contributed by atoms with Gasteiger partial charge in [-0.3, -0.25) is 0 Å². The molecule has 2 aromatic heterocycles. The highest BCUT2D eigenvalue weighted by atomic mass is 32.1. The largest absolute Gasteiger partial charge is 0.497 e. The summed E-state index contributed by atoms with van der Waals surface area (Å²) in [5.41, 5.74) is 4.15. The molecule has 0 unspecified atom stereocenters. The maximum Gasteiger partial charge on any atom is 0.209 e. The maximum absolute atomic E-state index is 5.18. The number of nitrogens with zero attached hydrogens (tertiary/aromatic N) is 2. The molecule has 1 N–H and O–H groups in total. The quantitative estimate of drug-likeness (QED) is 0.531. The lowest BCUT2D eigenvalue weighted by Gasteiger charge is -2.00. The molecule has 0 aliphatic heterocycles. The van der Waals surface area contributed by atoms with Crippen LogP contribution in [-0.2, 0) is 0 Å². The number of aromatic nitrogens is 2. The van der Waals surface area contributed by atoms with Gasteiger partial charge in [0, 0.05) is 39.8 Å². The van der Waals surface area contributed by atoms with Crippen LogP contribution in [0.5, 0.6) is 5.75 Å². The molecule has 0 aliphatic carbocycles. The minimum Gasteiger partial charge on any atom is -0.497 e. The topological polar surface area (TPSA) is 50.3 Å². The second kappa shape index (κ2) is 6.29. The third-order valence-electron chi connectivity index (χ3n) is 3.81. The molecule has 0 radical (unpaired) electrons. The van der Waals surface area contributed by atoms with Crippen molar-refractivity contribution in [2.24, 2.45) is 4.99 Å². The van der Waals surface area contributed by atoms with Crippen molar-refractivity contribution in [3.63, 3.8) is 0 Å². The van der Waals surface area contributed by atoms with Gasteiger partial charge in [0.25, 0.3) is 0 Å². The molecule has 4 aromatic rings. The van der Waals surface area contributed by atoms with Crippen molar-refractivity contribution in [3.8, 4) is 17.0 Å². The van der Waals surface area contributed by atoms with Gasteiger partial charge in [-0.05, 0) is 30.3 Å². The zero-order valence-electron chi connectivity index (χ0n) is 13.1. The van der Waals surface area contributed by atoms with E-state index in [-0.39, 0.29) is 0 Å². The molecule has 4 nitrogen and oxygen atoms in total. The molecule has 24 heavy (non-hydrogen) atoms. The fraction of sp³-hybridized carbons (Fsp3) is 0.0526. The van der Waals surface area contributed by atoms with Gasteiger partial charge in [-0.1, -0.05) is 18.2 Å². The molecule has 118 valence electrons. The minimum absolute atomic E-state index is 0.742. The summed E-state index contributed by atoms with van der Waals surface area (Å²) in [6.07, 6.45) is 3.82. The number of aromatic amines is 1. The Morgan fingerprint density at radius 2 is 1.96 bits per heavy atom. The molecule has 0 aliphatic rings. The smallest absolute Gasteiger partial charge is 0.209 e. The Hall–Kier alpha value is -2.92. The van der Waals surface area contributed by atoms with Gasteiger partial charge in [-0.2, -0.15) is 0 Å². The van der Waals surface area contributed by atoms with E-state index in [0.29, 0.717) is 0 Å². The lowest BCUT2D eigenvalue weighted by atomic mass is 10.2. The van der Waals surface area contributed by atoms with E-state index in [0.717, 1.165) is 38.6 Å². The molecule has 5 heteroatoms. The Labute approximate surface area is 143 Å². The molecular weight excluding hydrogens is 318 g/mol. The van der Waals surface area contributed by atoms with Gasteiger partial charge in [0.15, 0.2) is 0 Å². The molecular formula is C19H15N3OS. The highest BCUT2D eigenvalue weighted by Gasteiger charge is 2.05. The van der Waals surface area contributed by atoms with Crippen molar-refractivity contribution >= 4 is 33.6 Å². The van der Waals surface area contributed by atoms with Gasteiger partial charge in [0.2, 0.25) is 5.13 Å². The number of hydrogen-bond acceptors (Lipinski definition) is 4. The monoisotopic (exact) mass is 333 g/mol. The maximum atomic E-state index is 5.18. The number of nitrogens with one attached hydrogen (secondary N) is 1. The van der Waals surface area contributed by atoms with Crippen LogP contribution in [0.25, 0.3) is 22.2 Å². The van der Waals surface area contributed by atoms with E-state index in [2.05, 4.69) is 27.1 Å². The molecule has 2 heterocycles. The molecule has 0 spiro atoms. The molecule has 0 saturated heterocycles. The highest BCUT2D eigenvalue weighted by molar-refractivity contribution is 7.13. The van der Waals surface area contributed by atoms with E-state index >= 15 is 0 Å². The first-order valence-corrected chi connectivity index (χ1v) is 8.41. The van der Waals surface area contributed by atoms with Crippen molar-refractivity contribution in [3.05, 3.63) is 65.7 Å². The Balaban J connectivity index is 1.58. The second-order valence-electron chi connectivity index (χ2n) is 5.29. The fourth-order valence-corrected chi connectivity index (χ4v) is 3.21. The van der Waals surface area contributed by atoms with Crippen molar-refractivity contribution in [1.82, 2.24) is 9.97 Å². The Morgan fingerprint density at radius 3 is 2.79 bits per heavy atom. The predicted octanol–water partition coefficient (Wildman–Crippen LogP) is 5.05. The van der Waals surface area contributed by atoms with Crippen LogP contribution in [0.15, 0.2) is 65.1 Å². The van der Waals surface area contributed by atoms with E-state index in [4.69, 9.17) is 4.74 Å². The van der Waals surface area contributed by atoms with Crippen LogP contribution < -0.4 is 4.74 Å². The highest BCUT2D eigenvalue weighted by Crippen LogP contribution is 2.28. The summed E-state index contributed by atoms with van der Waals surface area (Å²) in [6.45, 7) is 0. The molecule has 0 bridgehead atoms. The summed E-state index contributed by atoms with van der Waals surface area (Å²) < 4.78 is 5.18. The third kappa shape index (κ3) is 2.81. The van der Waals surface area contributed by atoms with E-state index in [1.54, 1.807) is 7.11 Å². The molecule has 2 aromatic carbocycles. The molecule has 0 saturated carbocycles. The lowest BCUT2D eigenvalue weighted by molar-refractivity contribution is 0.415. The average molecular weight is 333 g/mol. The Morgan fingerprint density at radius 1 is 1.12 bits per heavy atom. The van der Waals surface area contributed by atoms with E-state index < -0.39 is 0 Å². The number of aliphatic imine (C=N–C) groups is 1. The van der Waals surface area contributed by atoms with Crippen LogP contribution in [0.1, 0.15) is 5.56 Å². The molecule has 0 amide bonds. The SMILES string of the molecule is COc1ccc(-c2csc(N=Cc3c[nH]c4ccccc34)n2)cc1. The van der Waals surface area contributed by atoms with Crippen LogP contribution in [0.2, 0.25) is 0 Å². The molecule has 4 rings (SSSR count). The number of fused-ring (bicyclic) bond motifs is 1. The van der Waals surface area contributed by atoms with Crippen molar-refractivity contribution in [2.45, 2.75) is 0 Å². The van der Waals surface area contributed by atoms with Gasteiger partial charge in [0.05, 0.1) is 12.8 Å². The van der Waals surface area contributed by atoms with Gasteiger partial charge < -0.3 is 9.72 Å². The minimum atomic E-state index is 0.742. The first-order chi connectivity index (χ1) is 11.8. The normalized spacial score (nSPS) is 11.4. The van der Waals surface area contributed by atoms with Gasteiger partial charge in [-0.15, -0.1) is 11.3 Å². The summed E-state index contributed by atoms with van der Waals surface area (Å²) in [5, 5.41) is 3.92. The lowest BCUT2D eigenvalue weighted by Crippen LogP contribution is -1.82. The van der Waals surface area contributed by atoms with E-state index in [1.165, 1.54) is 11.3 Å². The van der Waals surface area contributed by atoms with Crippen LogP contribution in [-0.4, -0.2) is 23.3 Å². The van der Waals surface area contributed by atoms with Crippen molar-refractivity contribution in [1.29, 1.82) is 0 Å². The average Bonchev–Trinajstić information content (AvgIpc) is 3.27. The van der Waals surface area contributed by atoms with Crippen LogP contribution >= 0.6 is 11.3 Å². The van der Waals surface area contributed by atoms with Crippen LogP contribution in [0.4, 0.5) is 5.13 Å². The van der Waals surface area contributed by atoms with Gasteiger partial charge in [-0.25, -0.2) is 9.98 Å². The third-order valence-corrected chi connectivity index (χ3v) is 4.56. The summed E-state index contributed by atoms with van der Waals surface area (Å²) in [7, 11) is 1.66. The molecule has 0 fully saturated rings. The summed E-state index contributed by atoms with van der Waals surface area (Å²) >= 11 is 1.53. The summed E-state index contributed by atoms with van der Waals surface area (Å²) in [4.78, 5) is 12.3. The number of benzene rings is 2. The number of H-pyrrole nitrogens is 1. The van der Waals surface area contributed by atoms with Crippen LogP contribution in [0.3, 0.4) is 0 Å². The number of hydrogen-bond donors (Lipinski definition) is 1. The van der Waals surface area contributed by atoms with Crippen molar-refractivity contribution in [2.75, 3.05) is 7.11 Å². The number of rotatable bonds is 4. The molecule has 0 atom stereocenters.